The molecule has 190 valence electrons. The summed E-state index contributed by atoms with van der Waals surface area (Å²) in [6, 6.07) is 7.23. The number of amides is 1. The number of para-hydroxylation sites is 1. The molecule has 0 saturated heterocycles. The lowest BCUT2D eigenvalue weighted by atomic mass is 10.1. The molecule has 0 bridgehead atoms. The number of benzene rings is 1. The molecule has 0 unspecified atom stereocenters. The molecule has 2 aromatic rings. The number of aryl methyl sites for hydroxylation is 1. The number of carbonyl (C=O) groups excluding carboxylic acids is 1. The maximum absolute atomic E-state index is 12.0. The van der Waals surface area contributed by atoms with E-state index in [1.165, 1.54) is 6.26 Å². The van der Waals surface area contributed by atoms with E-state index >= 15 is 0 Å². The summed E-state index contributed by atoms with van der Waals surface area (Å²) in [5.41, 5.74) is 1.12. The number of nitrogens with zero attached hydrogens (tertiary/aromatic N) is 1. The highest BCUT2D eigenvalue weighted by Crippen LogP contribution is 2.24. The SMILES string of the molecule is CC(C)(C)OC(=O)NCCOCCCCCOCCCc1ccnc2c(S(C)(=O)=O)cccc12. The van der Waals surface area contributed by atoms with Gasteiger partial charge in [-0.2, -0.15) is 0 Å². The molecule has 0 spiro atoms. The number of hydrogen-bond acceptors (Lipinski definition) is 7. The molecular weight excluding hydrogens is 456 g/mol. The average Bonchev–Trinajstić information content (AvgIpc) is 2.74. The Labute approximate surface area is 203 Å². The average molecular weight is 495 g/mol. The first-order valence-electron chi connectivity index (χ1n) is 11.8. The molecule has 1 N–H and O–H groups in total. The Morgan fingerprint density at radius 2 is 1.65 bits per heavy atom. The number of rotatable bonds is 14. The van der Waals surface area contributed by atoms with E-state index in [1.54, 1.807) is 18.3 Å². The lowest BCUT2D eigenvalue weighted by Crippen LogP contribution is -2.34. The minimum Gasteiger partial charge on any atom is -0.444 e. The third-order valence-corrected chi connectivity index (χ3v) is 6.08. The van der Waals surface area contributed by atoms with Crippen LogP contribution in [0.1, 0.15) is 52.0 Å². The maximum Gasteiger partial charge on any atom is 0.407 e. The lowest BCUT2D eigenvalue weighted by Gasteiger charge is -2.19. The highest BCUT2D eigenvalue weighted by molar-refractivity contribution is 7.91. The minimum absolute atomic E-state index is 0.270. The number of nitrogens with one attached hydrogen (secondary N) is 1. The fourth-order valence-corrected chi connectivity index (χ4v) is 4.26. The number of aromatic nitrogens is 1. The molecule has 0 atom stereocenters. The predicted octanol–water partition coefficient (Wildman–Crippen LogP) is 4.30. The topological polar surface area (TPSA) is 104 Å². The van der Waals surface area contributed by atoms with Gasteiger partial charge >= 0.3 is 6.09 Å². The molecule has 0 aliphatic heterocycles. The second kappa shape index (κ2) is 13.6. The molecule has 0 saturated carbocycles. The van der Waals surface area contributed by atoms with Crippen LogP contribution in [0.25, 0.3) is 10.9 Å². The number of sulfone groups is 1. The van der Waals surface area contributed by atoms with Crippen molar-refractivity contribution in [3.05, 3.63) is 36.0 Å². The Balaban J connectivity index is 1.53. The van der Waals surface area contributed by atoms with Gasteiger partial charge in [0.1, 0.15) is 5.60 Å². The van der Waals surface area contributed by atoms with Crippen LogP contribution < -0.4 is 5.32 Å². The van der Waals surface area contributed by atoms with Crippen LogP contribution >= 0.6 is 0 Å². The number of hydrogen-bond donors (Lipinski definition) is 1. The van der Waals surface area contributed by atoms with Gasteiger partial charge < -0.3 is 19.5 Å². The van der Waals surface area contributed by atoms with Crippen molar-refractivity contribution in [2.75, 3.05) is 39.2 Å². The van der Waals surface area contributed by atoms with E-state index in [0.29, 0.717) is 38.5 Å². The van der Waals surface area contributed by atoms with E-state index in [2.05, 4.69) is 10.3 Å². The quantitative estimate of drug-likeness (QED) is 0.391. The van der Waals surface area contributed by atoms with Gasteiger partial charge in [0.2, 0.25) is 0 Å². The van der Waals surface area contributed by atoms with Crippen LogP contribution in [0.5, 0.6) is 0 Å². The second-order valence-electron chi connectivity index (χ2n) is 9.21. The van der Waals surface area contributed by atoms with Crippen molar-refractivity contribution in [3.8, 4) is 0 Å². The van der Waals surface area contributed by atoms with Crippen molar-refractivity contribution in [3.63, 3.8) is 0 Å². The van der Waals surface area contributed by atoms with E-state index < -0.39 is 21.5 Å². The van der Waals surface area contributed by atoms with Crippen molar-refractivity contribution in [2.24, 2.45) is 0 Å². The number of pyridine rings is 1. The van der Waals surface area contributed by atoms with Gasteiger partial charge in [-0.25, -0.2) is 13.2 Å². The van der Waals surface area contributed by atoms with Crippen molar-refractivity contribution in [1.82, 2.24) is 10.3 Å². The van der Waals surface area contributed by atoms with Gasteiger partial charge in [-0.1, -0.05) is 12.1 Å². The molecule has 9 heteroatoms. The monoisotopic (exact) mass is 494 g/mol. The van der Waals surface area contributed by atoms with Crippen LogP contribution in [0.4, 0.5) is 4.79 Å². The first kappa shape index (κ1) is 28.0. The van der Waals surface area contributed by atoms with Crippen LogP contribution in [-0.2, 0) is 30.5 Å². The van der Waals surface area contributed by atoms with E-state index in [-0.39, 0.29) is 4.90 Å². The molecule has 1 aromatic carbocycles. The van der Waals surface area contributed by atoms with Crippen LogP contribution in [0, 0.1) is 0 Å². The molecular formula is C25H38N2O6S. The largest absolute Gasteiger partial charge is 0.444 e. The first-order valence-corrected chi connectivity index (χ1v) is 13.7. The van der Waals surface area contributed by atoms with Crippen LogP contribution in [0.15, 0.2) is 35.4 Å². The summed E-state index contributed by atoms with van der Waals surface area (Å²) in [6.07, 6.45) is 7.04. The second-order valence-corrected chi connectivity index (χ2v) is 11.2. The van der Waals surface area contributed by atoms with Crippen LogP contribution in [-0.4, -0.2) is 64.3 Å². The molecule has 0 fully saturated rings. The molecule has 2 rings (SSSR count). The minimum atomic E-state index is -3.32. The number of ether oxygens (including phenoxy) is 3. The first-order chi connectivity index (χ1) is 16.1. The van der Waals surface area contributed by atoms with Gasteiger partial charge in [0.25, 0.3) is 0 Å². The summed E-state index contributed by atoms with van der Waals surface area (Å²) in [6.45, 7) is 8.39. The van der Waals surface area contributed by atoms with E-state index in [4.69, 9.17) is 14.2 Å². The fraction of sp³-hybridized carbons (Fsp3) is 0.600. The zero-order valence-corrected chi connectivity index (χ0v) is 21.6. The summed E-state index contributed by atoms with van der Waals surface area (Å²) >= 11 is 0. The fourth-order valence-electron chi connectivity index (χ4n) is 3.42. The number of carbonyl (C=O) groups is 1. The standard InChI is InChI=1S/C25H38N2O6S/c1-25(2,3)33-24(28)27-15-19-32-17-7-5-6-16-31-18-9-10-20-13-14-26-23-21(20)11-8-12-22(23)34(4,29)30/h8,11-14H,5-7,9-10,15-19H2,1-4H3,(H,27,28). The Morgan fingerprint density at radius 1 is 0.971 bits per heavy atom. The van der Waals surface area contributed by atoms with Crippen LogP contribution in [0.3, 0.4) is 0 Å². The zero-order valence-electron chi connectivity index (χ0n) is 20.8. The Bertz CT molecular complexity index is 1020. The van der Waals surface area contributed by atoms with Gasteiger partial charge in [-0.3, -0.25) is 4.98 Å². The molecule has 1 amide bonds. The van der Waals surface area contributed by atoms with Crippen molar-refractivity contribution in [1.29, 1.82) is 0 Å². The maximum atomic E-state index is 12.0. The molecule has 1 aromatic heterocycles. The van der Waals surface area contributed by atoms with Crippen molar-refractivity contribution < 1.29 is 27.4 Å². The molecule has 1 heterocycles. The van der Waals surface area contributed by atoms with Gasteiger partial charge in [-0.05, 0) is 70.6 Å². The molecule has 0 radical (unpaired) electrons. The van der Waals surface area contributed by atoms with Gasteiger partial charge in [0.05, 0.1) is 17.0 Å². The Kier molecular flexibility index (Phi) is 11.2. The normalized spacial score (nSPS) is 12.1. The van der Waals surface area contributed by atoms with E-state index in [9.17, 15) is 13.2 Å². The molecule has 34 heavy (non-hydrogen) atoms. The summed E-state index contributed by atoms with van der Waals surface area (Å²) < 4.78 is 40.4. The summed E-state index contributed by atoms with van der Waals surface area (Å²) in [5.74, 6) is 0. The van der Waals surface area contributed by atoms with Gasteiger partial charge in [0.15, 0.2) is 9.84 Å². The van der Waals surface area contributed by atoms with Crippen molar-refractivity contribution in [2.45, 2.75) is 63.4 Å². The smallest absolute Gasteiger partial charge is 0.407 e. The van der Waals surface area contributed by atoms with Crippen LogP contribution in [0.2, 0.25) is 0 Å². The number of alkyl carbamates (subject to hydrolysis) is 1. The third kappa shape index (κ3) is 10.4. The summed E-state index contributed by atoms with van der Waals surface area (Å²) in [5, 5.41) is 3.55. The molecule has 0 aliphatic carbocycles. The highest BCUT2D eigenvalue weighted by Gasteiger charge is 2.15. The van der Waals surface area contributed by atoms with Gasteiger partial charge in [0, 0.05) is 44.2 Å². The lowest BCUT2D eigenvalue weighted by molar-refractivity contribution is 0.0497. The summed E-state index contributed by atoms with van der Waals surface area (Å²) in [7, 11) is -3.32. The van der Waals surface area contributed by atoms with Gasteiger partial charge in [-0.15, -0.1) is 0 Å². The third-order valence-electron chi connectivity index (χ3n) is 4.95. The van der Waals surface area contributed by atoms with Crippen molar-refractivity contribution >= 4 is 26.8 Å². The Morgan fingerprint density at radius 3 is 2.32 bits per heavy atom. The highest BCUT2D eigenvalue weighted by atomic mass is 32.2. The zero-order chi connectivity index (χ0) is 25.0. The number of unbranched alkanes of at least 4 members (excludes halogenated alkanes) is 2. The summed E-state index contributed by atoms with van der Waals surface area (Å²) in [4.78, 5) is 16.1. The number of fused-ring (bicyclic) bond motifs is 1. The predicted molar refractivity (Wildman–Crippen MR) is 133 cm³/mol. The Hall–Kier alpha value is -2.23. The molecule has 8 nitrogen and oxygen atoms in total. The van der Waals surface area contributed by atoms with E-state index in [1.807, 2.05) is 32.9 Å². The molecule has 0 aliphatic rings. The van der Waals surface area contributed by atoms with E-state index in [0.717, 1.165) is 43.1 Å².